The number of anilines is 2. The molecule has 0 unspecified atom stereocenters. The predicted octanol–water partition coefficient (Wildman–Crippen LogP) is 9.60. The maximum absolute atomic E-state index is 6.16. The van der Waals surface area contributed by atoms with Crippen LogP contribution in [0.5, 0.6) is 0 Å². The molecule has 3 heteroatoms. The molecule has 0 bridgehead atoms. The van der Waals surface area contributed by atoms with Gasteiger partial charge in [0.2, 0.25) is 0 Å². The number of terminal acetylenes is 1. The molecule has 0 aliphatic heterocycles. The maximum Gasteiger partial charge on any atom is 0.0716 e. The Hall–Kier alpha value is -5.33. The number of hydrogen-bond donors (Lipinski definition) is 2. The molecule has 0 radical (unpaired) electrons. The zero-order valence-corrected chi connectivity index (χ0v) is 23.8. The van der Waals surface area contributed by atoms with E-state index in [4.69, 9.17) is 10.7 Å². The molecule has 0 aliphatic rings. The van der Waals surface area contributed by atoms with Crippen molar-refractivity contribution in [3.05, 3.63) is 133 Å². The molecular formula is C38H35N3. The van der Waals surface area contributed by atoms with Crippen LogP contribution in [0.25, 0.3) is 50.3 Å². The van der Waals surface area contributed by atoms with Gasteiger partial charge in [0.1, 0.15) is 0 Å². The van der Waals surface area contributed by atoms with Crippen molar-refractivity contribution in [2.24, 2.45) is 0 Å². The van der Waals surface area contributed by atoms with Gasteiger partial charge in [-0.05, 0) is 102 Å². The van der Waals surface area contributed by atoms with Gasteiger partial charge in [-0.15, -0.1) is 12.8 Å². The lowest BCUT2D eigenvalue weighted by Crippen LogP contribution is -1.94. The molecule has 0 spiro atoms. The molecular weight excluding hydrogens is 498 g/mol. The number of nitrogen functional groups attached to an aromatic ring is 1. The normalized spacial score (nSPS) is 11.1. The molecule has 0 saturated carbocycles. The first kappa shape index (κ1) is 28.7. The maximum atomic E-state index is 6.16. The van der Waals surface area contributed by atoms with Crippen molar-refractivity contribution in [1.82, 2.24) is 4.98 Å². The van der Waals surface area contributed by atoms with Gasteiger partial charge in [0.05, 0.1) is 11.4 Å². The molecule has 0 amide bonds. The molecule has 0 fully saturated rings. The largest absolute Gasteiger partial charge is 0.399 e. The molecule has 3 N–H and O–H groups in total. The smallest absolute Gasteiger partial charge is 0.0716 e. The van der Waals surface area contributed by atoms with Crippen molar-refractivity contribution in [1.29, 1.82) is 0 Å². The highest BCUT2D eigenvalue weighted by molar-refractivity contribution is 5.85. The van der Waals surface area contributed by atoms with Crippen LogP contribution in [0.2, 0.25) is 0 Å². The Morgan fingerprint density at radius 1 is 0.659 bits per heavy atom. The Balaban J connectivity index is 0.00000189. The lowest BCUT2D eigenvalue weighted by atomic mass is 9.92. The summed E-state index contributed by atoms with van der Waals surface area (Å²) in [6.07, 6.45) is 14.4. The van der Waals surface area contributed by atoms with Crippen LogP contribution in [0, 0.1) is 12.8 Å². The number of aromatic nitrogens is 1. The van der Waals surface area contributed by atoms with Gasteiger partial charge in [-0.2, -0.15) is 0 Å². The predicted molar refractivity (Wildman–Crippen MR) is 178 cm³/mol. The second-order valence-corrected chi connectivity index (χ2v) is 9.49. The summed E-state index contributed by atoms with van der Waals surface area (Å²) in [6.45, 7) is 4.14. The number of nitrogens with two attached hydrogens (primary N) is 1. The van der Waals surface area contributed by atoms with Crippen LogP contribution in [0.1, 0.15) is 19.4 Å². The van der Waals surface area contributed by atoms with E-state index in [1.165, 1.54) is 22.3 Å². The molecule has 0 saturated heterocycles. The van der Waals surface area contributed by atoms with Crippen LogP contribution >= 0.6 is 0 Å². The summed E-state index contributed by atoms with van der Waals surface area (Å²) < 4.78 is 0. The quantitative estimate of drug-likeness (QED) is 0.124. The minimum atomic E-state index is 0.718. The van der Waals surface area contributed by atoms with Crippen LogP contribution in [0.4, 0.5) is 11.4 Å². The van der Waals surface area contributed by atoms with Crippen molar-refractivity contribution < 1.29 is 0 Å². The third-order valence-corrected chi connectivity index (χ3v) is 6.82. The van der Waals surface area contributed by atoms with E-state index in [0.29, 0.717) is 0 Å². The molecule has 41 heavy (non-hydrogen) atoms. The number of pyridine rings is 1. The van der Waals surface area contributed by atoms with Gasteiger partial charge in [0.15, 0.2) is 0 Å². The summed E-state index contributed by atoms with van der Waals surface area (Å²) in [4.78, 5) is 5.09. The highest BCUT2D eigenvalue weighted by Crippen LogP contribution is 2.35. The number of benzene rings is 4. The third-order valence-electron chi connectivity index (χ3n) is 6.82. The number of nitrogens with zero attached hydrogens (tertiary/aromatic N) is 1. The summed E-state index contributed by atoms with van der Waals surface area (Å²) >= 11 is 0. The Morgan fingerprint density at radius 3 is 1.85 bits per heavy atom. The van der Waals surface area contributed by atoms with Crippen molar-refractivity contribution in [2.45, 2.75) is 13.8 Å². The summed E-state index contributed by atoms with van der Waals surface area (Å²) in [5, 5.41) is 3.24. The molecule has 1 aromatic heterocycles. The zero-order chi connectivity index (χ0) is 29.2. The van der Waals surface area contributed by atoms with Crippen LogP contribution in [-0.4, -0.2) is 12.0 Å². The van der Waals surface area contributed by atoms with E-state index >= 15 is 0 Å². The monoisotopic (exact) mass is 533 g/mol. The Labute approximate surface area is 244 Å². The van der Waals surface area contributed by atoms with Crippen LogP contribution in [0.3, 0.4) is 0 Å². The number of hydrogen-bond acceptors (Lipinski definition) is 3. The van der Waals surface area contributed by atoms with E-state index in [1.54, 1.807) is 0 Å². The number of nitrogens with one attached hydrogen (secondary N) is 1. The van der Waals surface area contributed by atoms with E-state index in [9.17, 15) is 0 Å². The van der Waals surface area contributed by atoms with Crippen LogP contribution < -0.4 is 11.1 Å². The van der Waals surface area contributed by atoms with Gasteiger partial charge in [0.25, 0.3) is 0 Å². The molecule has 202 valence electrons. The van der Waals surface area contributed by atoms with E-state index in [1.807, 2.05) is 25.2 Å². The first-order chi connectivity index (χ1) is 20.1. The Bertz CT molecular complexity index is 1710. The molecule has 3 nitrogen and oxygen atoms in total. The molecule has 5 rings (SSSR count). The first-order valence-corrected chi connectivity index (χ1v) is 13.6. The summed E-state index contributed by atoms with van der Waals surface area (Å²) in [7, 11) is 1.93. The second kappa shape index (κ2) is 13.6. The molecule has 0 aliphatic carbocycles. The van der Waals surface area contributed by atoms with Crippen molar-refractivity contribution >= 4 is 16.9 Å². The van der Waals surface area contributed by atoms with E-state index in [0.717, 1.165) is 45.0 Å². The third kappa shape index (κ3) is 6.82. The summed E-state index contributed by atoms with van der Waals surface area (Å²) in [6, 6.07) is 38.0. The van der Waals surface area contributed by atoms with Gasteiger partial charge in [0, 0.05) is 29.5 Å². The second-order valence-electron chi connectivity index (χ2n) is 9.49. The van der Waals surface area contributed by atoms with Gasteiger partial charge in [-0.3, -0.25) is 0 Å². The fourth-order valence-corrected chi connectivity index (χ4v) is 4.82. The van der Waals surface area contributed by atoms with Gasteiger partial charge >= 0.3 is 0 Å². The zero-order valence-electron chi connectivity index (χ0n) is 23.8. The first-order valence-electron chi connectivity index (χ1n) is 13.6. The average molecular weight is 534 g/mol. The van der Waals surface area contributed by atoms with Crippen molar-refractivity contribution in [3.63, 3.8) is 0 Å². The molecule has 4 aromatic carbocycles. The van der Waals surface area contributed by atoms with Crippen LogP contribution in [-0.2, 0) is 0 Å². The van der Waals surface area contributed by atoms with Crippen molar-refractivity contribution in [2.75, 3.05) is 18.1 Å². The standard InChI is InChI=1S/C36H33N3.C2H2/c1-4-11-25(5-2)29-18-30(26-12-7-6-8-13-26)20-31(19-29)32-23-35(27-14-9-16-33(37)21-27)39-36(24-32)28-15-10-17-34(22-28)38-3;1-2/h4-24,38H,37H2,1-3H3;1-2H/b11-4-,25-5+;. The fourth-order valence-electron chi connectivity index (χ4n) is 4.82. The van der Waals surface area contributed by atoms with E-state index in [2.05, 4.69) is 141 Å². The highest BCUT2D eigenvalue weighted by atomic mass is 14.8. The molecule has 1 heterocycles. The lowest BCUT2D eigenvalue weighted by molar-refractivity contribution is 1.32. The fraction of sp³-hybridized carbons (Fsp3) is 0.0789. The SMILES string of the molecule is C#C.C/C=C\C(=C/C)c1cc(-c2ccccc2)cc(-c2cc(-c3cccc(N)c3)nc(-c3cccc(NC)c3)c2)c1. The van der Waals surface area contributed by atoms with Crippen LogP contribution in [0.15, 0.2) is 127 Å². The van der Waals surface area contributed by atoms with Crippen molar-refractivity contribution in [3.8, 4) is 57.6 Å². The Kier molecular flexibility index (Phi) is 9.54. The minimum Gasteiger partial charge on any atom is -0.399 e. The Morgan fingerprint density at radius 2 is 1.24 bits per heavy atom. The molecule has 5 aromatic rings. The van der Waals surface area contributed by atoms with Gasteiger partial charge < -0.3 is 11.1 Å². The van der Waals surface area contributed by atoms with E-state index < -0.39 is 0 Å². The van der Waals surface area contributed by atoms with Gasteiger partial charge in [-0.25, -0.2) is 4.98 Å². The lowest BCUT2D eigenvalue weighted by Gasteiger charge is -2.15. The highest BCUT2D eigenvalue weighted by Gasteiger charge is 2.13. The minimum absolute atomic E-state index is 0.718. The van der Waals surface area contributed by atoms with Gasteiger partial charge in [-0.1, -0.05) is 72.8 Å². The summed E-state index contributed by atoms with van der Waals surface area (Å²) in [5.74, 6) is 0. The molecule has 0 atom stereocenters. The average Bonchev–Trinajstić information content (AvgIpc) is 3.04. The summed E-state index contributed by atoms with van der Waals surface area (Å²) in [5.41, 5.74) is 18.7. The number of allylic oxidation sites excluding steroid dienone is 4. The number of rotatable bonds is 7. The van der Waals surface area contributed by atoms with E-state index in [-0.39, 0.29) is 0 Å². The topological polar surface area (TPSA) is 50.9 Å².